The highest BCUT2D eigenvalue weighted by molar-refractivity contribution is 5.17. The summed E-state index contributed by atoms with van der Waals surface area (Å²) in [4.78, 5) is 4.33. The van der Waals surface area contributed by atoms with E-state index in [1.54, 1.807) is 0 Å². The van der Waals surface area contributed by atoms with E-state index in [4.69, 9.17) is 0 Å². The zero-order valence-corrected chi connectivity index (χ0v) is 9.17. The van der Waals surface area contributed by atoms with Gasteiger partial charge in [0.2, 0.25) is 0 Å². The molecule has 1 heterocycles. The molecule has 1 aromatic heterocycles. The summed E-state index contributed by atoms with van der Waals surface area (Å²) in [7, 11) is 1.96. The van der Waals surface area contributed by atoms with Crippen molar-refractivity contribution in [1.82, 2.24) is 15.6 Å². The molecule has 0 spiro atoms. The lowest BCUT2D eigenvalue weighted by Crippen LogP contribution is -2.34. The molecule has 0 radical (unpaired) electrons. The van der Waals surface area contributed by atoms with E-state index >= 15 is 0 Å². The minimum Gasteiger partial charge on any atom is -0.318 e. The number of hydrogen-bond acceptors (Lipinski definition) is 3. The summed E-state index contributed by atoms with van der Waals surface area (Å²) in [5.74, 6) is 0. The number of hydrogen-bond donors (Lipinski definition) is 2. The van der Waals surface area contributed by atoms with Gasteiger partial charge >= 0.3 is 0 Å². The predicted molar refractivity (Wildman–Crippen MR) is 59.2 cm³/mol. The third-order valence-corrected chi connectivity index (χ3v) is 2.25. The quantitative estimate of drug-likeness (QED) is 0.735. The Morgan fingerprint density at radius 3 is 2.93 bits per heavy atom. The molecular weight excluding hydrogens is 174 g/mol. The fourth-order valence-electron chi connectivity index (χ4n) is 1.35. The Labute approximate surface area is 85.9 Å². The Morgan fingerprint density at radius 2 is 2.29 bits per heavy atom. The molecule has 2 N–H and O–H groups in total. The van der Waals surface area contributed by atoms with E-state index in [1.165, 1.54) is 5.56 Å². The van der Waals surface area contributed by atoms with Crippen LogP contribution in [-0.2, 0) is 6.54 Å². The van der Waals surface area contributed by atoms with Gasteiger partial charge < -0.3 is 10.6 Å². The van der Waals surface area contributed by atoms with Gasteiger partial charge in [-0.1, -0.05) is 6.07 Å². The molecule has 3 nitrogen and oxygen atoms in total. The molecule has 3 heteroatoms. The third-order valence-electron chi connectivity index (χ3n) is 2.25. The van der Waals surface area contributed by atoms with Crippen molar-refractivity contribution in [3.8, 4) is 0 Å². The second-order valence-corrected chi connectivity index (χ2v) is 3.61. The van der Waals surface area contributed by atoms with Gasteiger partial charge in [0.1, 0.15) is 0 Å². The highest BCUT2D eigenvalue weighted by Crippen LogP contribution is 2.02. The fraction of sp³-hybridized carbons (Fsp3) is 0.545. The van der Waals surface area contributed by atoms with Crippen molar-refractivity contribution in [3.63, 3.8) is 0 Å². The Morgan fingerprint density at radius 1 is 1.50 bits per heavy atom. The lowest BCUT2D eigenvalue weighted by Gasteiger charge is -2.13. The molecule has 14 heavy (non-hydrogen) atoms. The summed E-state index contributed by atoms with van der Waals surface area (Å²) in [6.45, 7) is 6.07. The van der Waals surface area contributed by atoms with Crippen LogP contribution in [0.4, 0.5) is 0 Å². The molecule has 0 aliphatic carbocycles. The number of pyridine rings is 1. The SMILES string of the molecule is CNCC(C)NCc1ncccc1C. The average Bonchev–Trinajstić information content (AvgIpc) is 2.17. The first kappa shape index (κ1) is 11.1. The first-order valence-corrected chi connectivity index (χ1v) is 5.02. The maximum absolute atomic E-state index is 4.33. The van der Waals surface area contributed by atoms with Gasteiger partial charge in [0.05, 0.1) is 5.69 Å². The molecule has 0 saturated heterocycles. The van der Waals surface area contributed by atoms with Crippen LogP contribution in [0.25, 0.3) is 0 Å². The summed E-state index contributed by atoms with van der Waals surface area (Å²) >= 11 is 0. The van der Waals surface area contributed by atoms with Crippen molar-refractivity contribution in [1.29, 1.82) is 0 Å². The van der Waals surface area contributed by atoms with Crippen LogP contribution in [0.15, 0.2) is 18.3 Å². The minimum atomic E-state index is 0.474. The highest BCUT2D eigenvalue weighted by atomic mass is 15.0. The van der Waals surface area contributed by atoms with E-state index in [9.17, 15) is 0 Å². The summed E-state index contributed by atoms with van der Waals surface area (Å²) in [5, 5.41) is 6.55. The van der Waals surface area contributed by atoms with Crippen molar-refractivity contribution in [2.24, 2.45) is 0 Å². The first-order valence-electron chi connectivity index (χ1n) is 5.02. The van der Waals surface area contributed by atoms with Crippen LogP contribution in [0.3, 0.4) is 0 Å². The predicted octanol–water partition coefficient (Wildman–Crippen LogP) is 1.09. The van der Waals surface area contributed by atoms with Crippen LogP contribution in [0.2, 0.25) is 0 Å². The van der Waals surface area contributed by atoms with Crippen molar-refractivity contribution >= 4 is 0 Å². The highest BCUT2D eigenvalue weighted by Gasteiger charge is 2.01. The third kappa shape index (κ3) is 3.44. The standard InChI is InChI=1S/C11H19N3/c1-9-5-4-6-13-11(9)8-14-10(2)7-12-3/h4-6,10,12,14H,7-8H2,1-3H3. The number of rotatable bonds is 5. The molecule has 0 aliphatic rings. The monoisotopic (exact) mass is 193 g/mol. The van der Waals surface area contributed by atoms with Crippen molar-refractivity contribution in [3.05, 3.63) is 29.6 Å². The largest absolute Gasteiger partial charge is 0.318 e. The first-order chi connectivity index (χ1) is 6.74. The normalized spacial score (nSPS) is 12.8. The second kappa shape index (κ2) is 5.73. The van der Waals surface area contributed by atoms with Crippen LogP contribution >= 0.6 is 0 Å². The van der Waals surface area contributed by atoms with E-state index in [0.717, 1.165) is 18.8 Å². The van der Waals surface area contributed by atoms with Crippen LogP contribution in [0, 0.1) is 6.92 Å². The Balaban J connectivity index is 2.41. The molecule has 0 amide bonds. The van der Waals surface area contributed by atoms with Crippen molar-refractivity contribution in [2.45, 2.75) is 26.4 Å². The van der Waals surface area contributed by atoms with Gasteiger partial charge in [0.25, 0.3) is 0 Å². The summed E-state index contributed by atoms with van der Waals surface area (Å²) in [6, 6.07) is 4.53. The molecule has 78 valence electrons. The number of aryl methyl sites for hydroxylation is 1. The zero-order chi connectivity index (χ0) is 10.4. The summed E-state index contributed by atoms with van der Waals surface area (Å²) in [6.07, 6.45) is 1.84. The van der Waals surface area contributed by atoms with Gasteiger partial charge in [0.15, 0.2) is 0 Å². The van der Waals surface area contributed by atoms with Gasteiger partial charge in [-0.2, -0.15) is 0 Å². The van der Waals surface area contributed by atoms with E-state index in [2.05, 4.69) is 35.5 Å². The Hall–Kier alpha value is -0.930. The van der Waals surface area contributed by atoms with Gasteiger partial charge in [-0.3, -0.25) is 4.98 Å². The van der Waals surface area contributed by atoms with Crippen LogP contribution < -0.4 is 10.6 Å². The fourth-order valence-corrected chi connectivity index (χ4v) is 1.35. The molecular formula is C11H19N3. The molecule has 0 aromatic carbocycles. The number of nitrogens with one attached hydrogen (secondary N) is 2. The van der Waals surface area contributed by atoms with Crippen molar-refractivity contribution < 1.29 is 0 Å². The minimum absolute atomic E-state index is 0.474. The molecule has 1 atom stereocenters. The molecule has 0 saturated carbocycles. The molecule has 0 bridgehead atoms. The topological polar surface area (TPSA) is 37.0 Å². The maximum atomic E-state index is 4.33. The smallest absolute Gasteiger partial charge is 0.0570 e. The molecule has 1 unspecified atom stereocenters. The number of nitrogens with zero attached hydrogens (tertiary/aromatic N) is 1. The van der Waals surface area contributed by atoms with Crippen LogP contribution in [0.5, 0.6) is 0 Å². The average molecular weight is 193 g/mol. The van der Waals surface area contributed by atoms with E-state index < -0.39 is 0 Å². The van der Waals surface area contributed by atoms with Gasteiger partial charge in [-0.15, -0.1) is 0 Å². The maximum Gasteiger partial charge on any atom is 0.0570 e. The second-order valence-electron chi connectivity index (χ2n) is 3.61. The number of likely N-dealkylation sites (N-methyl/N-ethyl adjacent to an activating group) is 1. The lowest BCUT2D eigenvalue weighted by atomic mass is 10.2. The van der Waals surface area contributed by atoms with Gasteiger partial charge in [-0.05, 0) is 32.5 Å². The lowest BCUT2D eigenvalue weighted by molar-refractivity contribution is 0.518. The van der Waals surface area contributed by atoms with E-state index in [0.29, 0.717) is 6.04 Å². The van der Waals surface area contributed by atoms with E-state index in [-0.39, 0.29) is 0 Å². The molecule has 0 fully saturated rings. The van der Waals surface area contributed by atoms with Crippen LogP contribution in [0.1, 0.15) is 18.2 Å². The molecule has 0 aliphatic heterocycles. The van der Waals surface area contributed by atoms with Crippen LogP contribution in [-0.4, -0.2) is 24.6 Å². The zero-order valence-electron chi connectivity index (χ0n) is 9.17. The van der Waals surface area contributed by atoms with Gasteiger partial charge in [0, 0.05) is 25.3 Å². The molecule has 1 aromatic rings. The Bertz CT molecular complexity index is 273. The van der Waals surface area contributed by atoms with E-state index in [1.807, 2.05) is 19.3 Å². The van der Waals surface area contributed by atoms with Gasteiger partial charge in [-0.25, -0.2) is 0 Å². The molecule has 1 rings (SSSR count). The summed E-state index contributed by atoms with van der Waals surface area (Å²) < 4.78 is 0. The summed E-state index contributed by atoms with van der Waals surface area (Å²) in [5.41, 5.74) is 2.38. The van der Waals surface area contributed by atoms with Crippen molar-refractivity contribution in [2.75, 3.05) is 13.6 Å². The Kier molecular flexibility index (Phi) is 4.56. The number of aromatic nitrogens is 1.